The van der Waals surface area contributed by atoms with E-state index in [1.165, 1.54) is 0 Å². The van der Waals surface area contributed by atoms with Crippen LogP contribution in [0.25, 0.3) is 6.08 Å². The van der Waals surface area contributed by atoms with Gasteiger partial charge in [0.05, 0.1) is 12.3 Å². The quantitative estimate of drug-likeness (QED) is 0.473. The van der Waals surface area contributed by atoms with Gasteiger partial charge in [-0.1, -0.05) is 23.8 Å². The predicted molar refractivity (Wildman–Crippen MR) is 128 cm³/mol. The number of halogens is 1. The molecule has 0 amide bonds. The lowest BCUT2D eigenvalue weighted by Crippen LogP contribution is -2.21. The van der Waals surface area contributed by atoms with E-state index in [0.717, 1.165) is 55.0 Å². The molecule has 7 heteroatoms. The van der Waals surface area contributed by atoms with Crippen molar-refractivity contribution in [2.75, 3.05) is 30.5 Å². The molecular formula is C26H27FN4O2. The summed E-state index contributed by atoms with van der Waals surface area (Å²) in [4.78, 5) is 8.79. The number of benzene rings is 2. The molecule has 0 radical (unpaired) electrons. The lowest BCUT2D eigenvalue weighted by molar-refractivity contribution is 0.0497. The van der Waals surface area contributed by atoms with Crippen molar-refractivity contribution in [2.24, 2.45) is 5.92 Å². The predicted octanol–water partition coefficient (Wildman–Crippen LogP) is 5.87. The summed E-state index contributed by atoms with van der Waals surface area (Å²) in [7, 11) is 0. The fourth-order valence-electron chi connectivity index (χ4n) is 4.18. The molecule has 3 aromatic rings. The van der Waals surface area contributed by atoms with Gasteiger partial charge in [0, 0.05) is 36.7 Å². The Morgan fingerprint density at radius 3 is 2.88 bits per heavy atom. The molecule has 1 aliphatic heterocycles. The molecule has 0 bridgehead atoms. The number of allylic oxidation sites excluding steroid dienone is 1. The van der Waals surface area contributed by atoms with E-state index in [-0.39, 0.29) is 5.82 Å². The third-order valence-corrected chi connectivity index (χ3v) is 5.97. The van der Waals surface area contributed by atoms with Gasteiger partial charge in [0.15, 0.2) is 5.82 Å². The van der Waals surface area contributed by atoms with Crippen molar-refractivity contribution >= 4 is 29.2 Å². The maximum atomic E-state index is 14.9. The SMILES string of the molecule is CC1=Cc2c(ccc(Nc3ccnc(Nc4cccc(OCC5CCOCC5)c4)n3)c2F)C1. The number of anilines is 4. The lowest BCUT2D eigenvalue weighted by atomic mass is 10.0. The van der Waals surface area contributed by atoms with Gasteiger partial charge in [0.2, 0.25) is 5.95 Å². The topological polar surface area (TPSA) is 68.3 Å². The molecular weight excluding hydrogens is 419 g/mol. The van der Waals surface area contributed by atoms with E-state index in [4.69, 9.17) is 9.47 Å². The summed E-state index contributed by atoms with van der Waals surface area (Å²) >= 11 is 0. The van der Waals surface area contributed by atoms with Crippen LogP contribution in [0.15, 0.2) is 54.2 Å². The molecule has 33 heavy (non-hydrogen) atoms. The van der Waals surface area contributed by atoms with E-state index < -0.39 is 0 Å². The average molecular weight is 447 g/mol. The third-order valence-electron chi connectivity index (χ3n) is 5.97. The Morgan fingerprint density at radius 1 is 1.12 bits per heavy atom. The Bertz CT molecular complexity index is 1170. The zero-order chi connectivity index (χ0) is 22.6. The van der Waals surface area contributed by atoms with Crippen LogP contribution in [0, 0.1) is 11.7 Å². The normalized spacial score (nSPS) is 15.6. The number of nitrogens with one attached hydrogen (secondary N) is 2. The first-order valence-electron chi connectivity index (χ1n) is 11.3. The first kappa shape index (κ1) is 21.4. The second kappa shape index (κ2) is 9.58. The smallest absolute Gasteiger partial charge is 0.229 e. The molecule has 5 rings (SSSR count). The molecule has 1 fully saturated rings. The number of rotatable bonds is 7. The third kappa shape index (κ3) is 5.14. The zero-order valence-electron chi connectivity index (χ0n) is 18.6. The van der Waals surface area contributed by atoms with Gasteiger partial charge in [0.1, 0.15) is 11.6 Å². The van der Waals surface area contributed by atoms with E-state index in [9.17, 15) is 4.39 Å². The van der Waals surface area contributed by atoms with Gasteiger partial charge in [-0.25, -0.2) is 9.37 Å². The second-order valence-corrected chi connectivity index (χ2v) is 8.58. The maximum absolute atomic E-state index is 14.9. The molecule has 2 heterocycles. The summed E-state index contributed by atoms with van der Waals surface area (Å²) in [6.45, 7) is 4.32. The number of hydrogen-bond donors (Lipinski definition) is 2. The summed E-state index contributed by atoms with van der Waals surface area (Å²) < 4.78 is 26.3. The van der Waals surface area contributed by atoms with Crippen molar-refractivity contribution in [1.82, 2.24) is 9.97 Å². The highest BCUT2D eigenvalue weighted by Crippen LogP contribution is 2.32. The van der Waals surface area contributed by atoms with E-state index in [1.54, 1.807) is 18.3 Å². The Labute approximate surface area is 192 Å². The minimum atomic E-state index is -0.258. The summed E-state index contributed by atoms with van der Waals surface area (Å²) in [5.74, 6) is 1.99. The fourth-order valence-corrected chi connectivity index (χ4v) is 4.18. The van der Waals surface area contributed by atoms with Crippen molar-refractivity contribution in [3.63, 3.8) is 0 Å². The van der Waals surface area contributed by atoms with Crippen molar-refractivity contribution in [3.05, 3.63) is 71.2 Å². The molecule has 0 unspecified atom stereocenters. The highest BCUT2D eigenvalue weighted by Gasteiger charge is 2.17. The van der Waals surface area contributed by atoms with Crippen LogP contribution in [0.3, 0.4) is 0 Å². The molecule has 1 aromatic heterocycles. The van der Waals surface area contributed by atoms with E-state index in [0.29, 0.717) is 35.5 Å². The molecule has 1 aliphatic carbocycles. The Balaban J connectivity index is 1.25. The van der Waals surface area contributed by atoms with Crippen LogP contribution in [-0.4, -0.2) is 29.8 Å². The fraction of sp³-hybridized carbons (Fsp3) is 0.308. The molecule has 2 aromatic carbocycles. The van der Waals surface area contributed by atoms with E-state index in [1.807, 2.05) is 43.3 Å². The monoisotopic (exact) mass is 446 g/mol. The van der Waals surface area contributed by atoms with Gasteiger partial charge in [0.25, 0.3) is 0 Å². The maximum Gasteiger partial charge on any atom is 0.229 e. The molecule has 0 spiro atoms. The van der Waals surface area contributed by atoms with Crippen molar-refractivity contribution in [2.45, 2.75) is 26.2 Å². The standard InChI is InChI=1S/C26H27FN4O2/c1-17-13-19-5-6-23(25(27)22(19)14-17)30-24-7-10-28-26(31-24)29-20-3-2-4-21(15-20)33-16-18-8-11-32-12-9-18/h2-7,10,14-15,18H,8-9,11-13,16H2,1H3,(H2,28,29,30,31). The van der Waals surface area contributed by atoms with Gasteiger partial charge >= 0.3 is 0 Å². The summed E-state index contributed by atoms with van der Waals surface area (Å²) in [5.41, 5.74) is 4.05. The minimum absolute atomic E-state index is 0.258. The first-order valence-corrected chi connectivity index (χ1v) is 11.3. The van der Waals surface area contributed by atoms with Gasteiger partial charge in [-0.15, -0.1) is 0 Å². The van der Waals surface area contributed by atoms with Gasteiger partial charge in [-0.3, -0.25) is 0 Å². The van der Waals surface area contributed by atoms with Crippen molar-refractivity contribution < 1.29 is 13.9 Å². The van der Waals surface area contributed by atoms with Crippen LogP contribution >= 0.6 is 0 Å². The van der Waals surface area contributed by atoms with Crippen molar-refractivity contribution in [1.29, 1.82) is 0 Å². The molecule has 0 atom stereocenters. The Kier molecular flexibility index (Phi) is 6.21. The summed E-state index contributed by atoms with van der Waals surface area (Å²) in [6, 6.07) is 13.2. The Morgan fingerprint density at radius 2 is 2.00 bits per heavy atom. The largest absolute Gasteiger partial charge is 0.493 e. The summed E-state index contributed by atoms with van der Waals surface area (Å²) in [6.07, 6.45) is 6.41. The first-order chi connectivity index (χ1) is 16.1. The molecule has 1 saturated heterocycles. The van der Waals surface area contributed by atoms with E-state index in [2.05, 4.69) is 20.6 Å². The number of ether oxygens (including phenoxy) is 2. The highest BCUT2D eigenvalue weighted by atomic mass is 19.1. The molecule has 2 aliphatic rings. The summed E-state index contributed by atoms with van der Waals surface area (Å²) in [5, 5.41) is 6.29. The van der Waals surface area contributed by atoms with Crippen LogP contribution in [-0.2, 0) is 11.2 Å². The number of nitrogens with zero attached hydrogens (tertiary/aromatic N) is 2. The van der Waals surface area contributed by atoms with Crippen LogP contribution in [0.2, 0.25) is 0 Å². The van der Waals surface area contributed by atoms with Crippen molar-refractivity contribution in [3.8, 4) is 5.75 Å². The lowest BCUT2D eigenvalue weighted by Gasteiger charge is -2.22. The van der Waals surface area contributed by atoms with Crippen LogP contribution in [0.5, 0.6) is 5.75 Å². The molecule has 2 N–H and O–H groups in total. The number of aromatic nitrogens is 2. The van der Waals surface area contributed by atoms with E-state index >= 15 is 0 Å². The molecule has 0 saturated carbocycles. The number of hydrogen-bond acceptors (Lipinski definition) is 6. The van der Waals surface area contributed by atoms with Gasteiger partial charge in [-0.2, -0.15) is 4.98 Å². The zero-order valence-corrected chi connectivity index (χ0v) is 18.6. The van der Waals surface area contributed by atoms with Crippen LogP contribution < -0.4 is 15.4 Å². The van der Waals surface area contributed by atoms with Crippen LogP contribution in [0.1, 0.15) is 30.9 Å². The van der Waals surface area contributed by atoms with Gasteiger partial charge in [-0.05, 0) is 61.9 Å². The molecule has 170 valence electrons. The Hall–Kier alpha value is -3.45. The van der Waals surface area contributed by atoms with Crippen LogP contribution in [0.4, 0.5) is 27.5 Å². The number of fused-ring (bicyclic) bond motifs is 1. The second-order valence-electron chi connectivity index (χ2n) is 8.58. The highest BCUT2D eigenvalue weighted by molar-refractivity contribution is 5.71. The minimum Gasteiger partial charge on any atom is -0.493 e. The molecule has 6 nitrogen and oxygen atoms in total. The van der Waals surface area contributed by atoms with Gasteiger partial charge < -0.3 is 20.1 Å². The average Bonchev–Trinajstić information content (AvgIpc) is 3.22.